The third-order valence-electron chi connectivity index (χ3n) is 5.27. The fourth-order valence-electron chi connectivity index (χ4n) is 3.50. The highest BCUT2D eigenvalue weighted by molar-refractivity contribution is 7.12. The second kappa shape index (κ2) is 10.9. The number of aryl methyl sites for hydroxylation is 2. The summed E-state index contributed by atoms with van der Waals surface area (Å²) in [4.78, 5) is 14.4. The van der Waals surface area contributed by atoms with Gasteiger partial charge < -0.3 is 10.6 Å². The number of likely N-dealkylation sites (tertiary alicyclic amines) is 1. The summed E-state index contributed by atoms with van der Waals surface area (Å²) in [6.45, 7) is 9.53. The molecule has 2 aromatic heterocycles. The van der Waals surface area contributed by atoms with Gasteiger partial charge in [0.05, 0.1) is 17.2 Å². The largest absolute Gasteiger partial charge is 0.356 e. The lowest BCUT2D eigenvalue weighted by molar-refractivity contribution is 0.176. The van der Waals surface area contributed by atoms with Crippen molar-refractivity contribution in [2.24, 2.45) is 10.9 Å². The zero-order chi connectivity index (χ0) is 19.8. The van der Waals surface area contributed by atoms with Crippen LogP contribution in [0, 0.1) is 5.92 Å². The van der Waals surface area contributed by atoms with E-state index in [2.05, 4.69) is 51.9 Å². The van der Waals surface area contributed by atoms with Crippen molar-refractivity contribution in [1.82, 2.24) is 20.5 Å². The Bertz CT molecular complexity index is 744. The van der Waals surface area contributed by atoms with E-state index in [1.807, 2.05) is 18.4 Å². The summed E-state index contributed by atoms with van der Waals surface area (Å²) in [7, 11) is 1.85. The molecular formula is C21H33N5S2. The van der Waals surface area contributed by atoms with Gasteiger partial charge in [0, 0.05) is 35.3 Å². The predicted molar refractivity (Wildman–Crippen MR) is 121 cm³/mol. The van der Waals surface area contributed by atoms with Gasteiger partial charge in [-0.2, -0.15) is 0 Å². The van der Waals surface area contributed by atoms with Crippen LogP contribution in [-0.2, 0) is 25.9 Å². The molecule has 0 saturated carbocycles. The van der Waals surface area contributed by atoms with Crippen LogP contribution in [0.5, 0.6) is 0 Å². The van der Waals surface area contributed by atoms with Crippen LogP contribution in [-0.4, -0.2) is 42.5 Å². The van der Waals surface area contributed by atoms with Gasteiger partial charge in [-0.3, -0.25) is 9.89 Å². The molecule has 2 aromatic rings. The topological polar surface area (TPSA) is 52.6 Å². The number of thiazole rings is 1. The highest BCUT2D eigenvalue weighted by Gasteiger charge is 2.20. The molecule has 5 nitrogen and oxygen atoms in total. The molecule has 0 radical (unpaired) electrons. The van der Waals surface area contributed by atoms with Crippen LogP contribution in [0.2, 0.25) is 0 Å². The molecule has 0 bridgehead atoms. The Morgan fingerprint density at radius 2 is 1.96 bits per heavy atom. The lowest BCUT2D eigenvalue weighted by Gasteiger charge is -2.31. The fraction of sp³-hybridized carbons (Fsp3) is 0.619. The first kappa shape index (κ1) is 21.3. The fourth-order valence-corrected chi connectivity index (χ4v) is 5.14. The minimum atomic E-state index is 0.713. The molecule has 1 aliphatic rings. The van der Waals surface area contributed by atoms with Crippen LogP contribution in [0.15, 0.2) is 22.5 Å². The minimum absolute atomic E-state index is 0.713. The molecule has 1 fully saturated rings. The van der Waals surface area contributed by atoms with Gasteiger partial charge in [-0.15, -0.1) is 22.7 Å². The molecule has 0 atom stereocenters. The number of rotatable bonds is 8. The molecule has 3 heterocycles. The number of guanidine groups is 1. The van der Waals surface area contributed by atoms with Gasteiger partial charge in [-0.1, -0.05) is 13.8 Å². The predicted octanol–water partition coefficient (Wildman–Crippen LogP) is 3.91. The molecular weight excluding hydrogens is 386 g/mol. The molecule has 0 unspecified atom stereocenters. The quantitative estimate of drug-likeness (QED) is 0.503. The number of piperidine rings is 1. The highest BCUT2D eigenvalue weighted by atomic mass is 32.1. The standard InChI is InChI=1S/C21H33N5S2/c1-4-18-6-7-19(28-18)13-24-21(22-3)23-12-16-8-10-26(11-9-16)14-17-15-27-20(5-2)25-17/h6-7,15-16H,4-5,8-14H2,1-3H3,(H2,22,23,24). The molecule has 0 aromatic carbocycles. The van der Waals surface area contributed by atoms with E-state index in [0.29, 0.717) is 5.92 Å². The van der Waals surface area contributed by atoms with E-state index < -0.39 is 0 Å². The van der Waals surface area contributed by atoms with Crippen molar-refractivity contribution < 1.29 is 0 Å². The number of aliphatic imine (C=N–C) groups is 1. The third-order valence-corrected chi connectivity index (χ3v) is 7.54. The van der Waals surface area contributed by atoms with Gasteiger partial charge >= 0.3 is 0 Å². The van der Waals surface area contributed by atoms with Crippen molar-refractivity contribution in [1.29, 1.82) is 0 Å². The molecule has 0 spiro atoms. The SMILES string of the molecule is CCc1ccc(CNC(=NC)NCC2CCN(Cc3csc(CC)n3)CC2)s1. The van der Waals surface area contributed by atoms with Crippen LogP contribution < -0.4 is 10.6 Å². The first-order valence-electron chi connectivity index (χ1n) is 10.4. The summed E-state index contributed by atoms with van der Waals surface area (Å²) < 4.78 is 0. The number of nitrogens with zero attached hydrogens (tertiary/aromatic N) is 3. The van der Waals surface area contributed by atoms with Gasteiger partial charge in [0.1, 0.15) is 0 Å². The van der Waals surface area contributed by atoms with Gasteiger partial charge in [0.2, 0.25) is 0 Å². The molecule has 1 aliphatic heterocycles. The van der Waals surface area contributed by atoms with E-state index in [1.165, 1.54) is 33.3 Å². The van der Waals surface area contributed by atoms with Gasteiger partial charge in [-0.25, -0.2) is 4.98 Å². The number of nitrogens with one attached hydrogen (secondary N) is 2. The first-order valence-corrected chi connectivity index (χ1v) is 12.1. The Labute approximate surface area is 177 Å². The Morgan fingerprint density at radius 3 is 2.61 bits per heavy atom. The summed E-state index contributed by atoms with van der Waals surface area (Å²) in [6, 6.07) is 4.44. The summed E-state index contributed by atoms with van der Waals surface area (Å²) in [5.74, 6) is 1.62. The van der Waals surface area contributed by atoms with Crippen molar-refractivity contribution in [3.63, 3.8) is 0 Å². The Hall–Kier alpha value is -1.44. The molecule has 7 heteroatoms. The Kier molecular flexibility index (Phi) is 8.30. The first-order chi connectivity index (χ1) is 13.7. The van der Waals surface area contributed by atoms with Crippen molar-refractivity contribution in [2.45, 2.75) is 52.6 Å². The number of hydrogen-bond acceptors (Lipinski definition) is 5. The zero-order valence-corrected chi connectivity index (χ0v) is 19.0. The van der Waals surface area contributed by atoms with Crippen molar-refractivity contribution in [3.8, 4) is 0 Å². The Balaban J connectivity index is 1.35. The normalized spacial score (nSPS) is 16.5. The van der Waals surface area contributed by atoms with Crippen molar-refractivity contribution >= 4 is 28.6 Å². The smallest absolute Gasteiger partial charge is 0.191 e. The van der Waals surface area contributed by atoms with E-state index in [0.717, 1.165) is 51.5 Å². The van der Waals surface area contributed by atoms with Crippen LogP contribution >= 0.6 is 22.7 Å². The lowest BCUT2D eigenvalue weighted by Crippen LogP contribution is -2.42. The molecule has 0 amide bonds. The average molecular weight is 420 g/mol. The zero-order valence-electron chi connectivity index (χ0n) is 17.3. The minimum Gasteiger partial charge on any atom is -0.356 e. The lowest BCUT2D eigenvalue weighted by atomic mass is 9.97. The number of aromatic nitrogens is 1. The van der Waals surface area contributed by atoms with Gasteiger partial charge in [0.25, 0.3) is 0 Å². The van der Waals surface area contributed by atoms with Crippen LogP contribution in [0.4, 0.5) is 0 Å². The highest BCUT2D eigenvalue weighted by Crippen LogP contribution is 2.20. The maximum Gasteiger partial charge on any atom is 0.191 e. The molecule has 2 N–H and O–H groups in total. The molecule has 1 saturated heterocycles. The van der Waals surface area contributed by atoms with E-state index in [-0.39, 0.29) is 0 Å². The maximum atomic E-state index is 4.71. The van der Waals surface area contributed by atoms with E-state index in [1.54, 1.807) is 11.3 Å². The van der Waals surface area contributed by atoms with Crippen LogP contribution in [0.3, 0.4) is 0 Å². The van der Waals surface area contributed by atoms with E-state index >= 15 is 0 Å². The maximum absolute atomic E-state index is 4.71. The molecule has 3 rings (SSSR count). The second-order valence-electron chi connectivity index (χ2n) is 7.33. The average Bonchev–Trinajstić information content (AvgIpc) is 3.38. The molecule has 28 heavy (non-hydrogen) atoms. The monoisotopic (exact) mass is 419 g/mol. The van der Waals surface area contributed by atoms with Crippen LogP contribution in [0.25, 0.3) is 0 Å². The summed E-state index contributed by atoms with van der Waals surface area (Å²) in [5.41, 5.74) is 1.24. The summed E-state index contributed by atoms with van der Waals surface area (Å²) in [6.07, 6.45) is 4.62. The molecule has 154 valence electrons. The molecule has 0 aliphatic carbocycles. The van der Waals surface area contributed by atoms with E-state index in [9.17, 15) is 0 Å². The second-order valence-corrected chi connectivity index (χ2v) is 9.53. The third kappa shape index (κ3) is 6.29. The Morgan fingerprint density at radius 1 is 1.18 bits per heavy atom. The van der Waals surface area contributed by atoms with Gasteiger partial charge in [-0.05, 0) is 56.8 Å². The van der Waals surface area contributed by atoms with Gasteiger partial charge in [0.15, 0.2) is 5.96 Å². The van der Waals surface area contributed by atoms with Crippen molar-refractivity contribution in [2.75, 3.05) is 26.7 Å². The number of thiophene rings is 1. The van der Waals surface area contributed by atoms with Crippen LogP contribution in [0.1, 0.15) is 47.1 Å². The van der Waals surface area contributed by atoms with Crippen molar-refractivity contribution in [3.05, 3.63) is 38.0 Å². The summed E-state index contributed by atoms with van der Waals surface area (Å²) >= 11 is 3.67. The number of hydrogen-bond donors (Lipinski definition) is 2. The van der Waals surface area contributed by atoms with E-state index in [4.69, 9.17) is 4.98 Å². The summed E-state index contributed by atoms with van der Waals surface area (Å²) in [5, 5.41) is 10.4.